The summed E-state index contributed by atoms with van der Waals surface area (Å²) in [5, 5.41) is 7.64. The lowest BCUT2D eigenvalue weighted by atomic mass is 9.96. The number of para-hydroxylation sites is 3. The largest absolute Gasteiger partial charge is 0.310 e. The van der Waals surface area contributed by atoms with Gasteiger partial charge in [0.25, 0.3) is 0 Å². The van der Waals surface area contributed by atoms with Crippen molar-refractivity contribution in [2.24, 2.45) is 0 Å². The highest BCUT2D eigenvalue weighted by Gasteiger charge is 2.21. The van der Waals surface area contributed by atoms with Gasteiger partial charge in [0.05, 0.1) is 16.7 Å². The fraction of sp³-hybridized carbons (Fsp3) is 0. The number of fused-ring (bicyclic) bond motifs is 7. The zero-order valence-electron chi connectivity index (χ0n) is 36.6. The summed E-state index contributed by atoms with van der Waals surface area (Å²) in [4.78, 5) is 2.42. The highest BCUT2D eigenvalue weighted by molar-refractivity contribution is 7.25. The van der Waals surface area contributed by atoms with Gasteiger partial charge in [0, 0.05) is 53.6 Å². The Bertz CT molecular complexity index is 3910. The maximum absolute atomic E-state index is 2.42. The van der Waals surface area contributed by atoms with Crippen molar-refractivity contribution in [1.82, 2.24) is 4.57 Å². The molecule has 0 amide bonds. The third-order valence-electron chi connectivity index (χ3n) is 13.4. The van der Waals surface area contributed by atoms with Crippen LogP contribution in [0.2, 0.25) is 0 Å². The minimum absolute atomic E-state index is 1.09. The van der Waals surface area contributed by atoms with Crippen LogP contribution in [-0.2, 0) is 0 Å². The van der Waals surface area contributed by atoms with E-state index < -0.39 is 0 Å². The summed E-state index contributed by atoms with van der Waals surface area (Å²) in [7, 11) is 0. The van der Waals surface area contributed by atoms with Gasteiger partial charge in [-0.25, -0.2) is 0 Å². The average Bonchev–Trinajstić information content (AvgIpc) is 3.96. The Hall–Kier alpha value is -8.50. The first-order valence-corrected chi connectivity index (χ1v) is 23.7. The third-order valence-corrected chi connectivity index (χ3v) is 14.6. The van der Waals surface area contributed by atoms with E-state index in [1.165, 1.54) is 97.3 Å². The summed E-state index contributed by atoms with van der Waals surface area (Å²) >= 11 is 1.86. The minimum Gasteiger partial charge on any atom is -0.310 e. The number of hydrogen-bond donors (Lipinski definition) is 0. The van der Waals surface area contributed by atoms with E-state index in [0.29, 0.717) is 0 Å². The summed E-state index contributed by atoms with van der Waals surface area (Å²) in [6.07, 6.45) is 0. The number of thiophene rings is 1. The van der Waals surface area contributed by atoms with Gasteiger partial charge in [0.15, 0.2) is 0 Å². The normalized spacial score (nSPS) is 11.6. The Morgan fingerprint density at radius 3 is 1.54 bits per heavy atom. The van der Waals surface area contributed by atoms with Gasteiger partial charge in [0.2, 0.25) is 0 Å². The van der Waals surface area contributed by atoms with E-state index >= 15 is 0 Å². The lowest BCUT2D eigenvalue weighted by Crippen LogP contribution is -2.11. The van der Waals surface area contributed by atoms with Crippen LogP contribution >= 0.6 is 11.3 Å². The molecule has 0 bridgehead atoms. The number of rotatable bonds is 8. The highest BCUT2D eigenvalue weighted by Crippen LogP contribution is 2.46. The average molecular weight is 871 g/mol. The van der Waals surface area contributed by atoms with Gasteiger partial charge in [-0.1, -0.05) is 188 Å². The fourth-order valence-corrected chi connectivity index (χ4v) is 11.4. The van der Waals surface area contributed by atoms with Crippen LogP contribution in [0.25, 0.3) is 103 Å². The molecular formula is C64H42N2S. The van der Waals surface area contributed by atoms with E-state index in [0.717, 1.165) is 22.7 Å². The molecule has 2 aromatic heterocycles. The van der Waals surface area contributed by atoms with Crippen LogP contribution in [0.3, 0.4) is 0 Å². The first-order chi connectivity index (χ1) is 33.2. The molecule has 67 heavy (non-hydrogen) atoms. The molecule has 0 saturated heterocycles. The van der Waals surface area contributed by atoms with Crippen LogP contribution in [0.1, 0.15) is 0 Å². The molecule has 11 aromatic carbocycles. The lowest BCUT2D eigenvalue weighted by Gasteiger charge is -2.28. The highest BCUT2D eigenvalue weighted by atomic mass is 32.1. The van der Waals surface area contributed by atoms with Crippen LogP contribution < -0.4 is 4.90 Å². The van der Waals surface area contributed by atoms with Crippen LogP contribution in [0, 0.1) is 0 Å². The summed E-state index contributed by atoms with van der Waals surface area (Å²) in [5.74, 6) is 0. The molecule has 0 radical (unpaired) electrons. The van der Waals surface area contributed by atoms with Gasteiger partial charge in [-0.2, -0.15) is 0 Å². The zero-order valence-corrected chi connectivity index (χ0v) is 37.4. The number of benzene rings is 11. The minimum atomic E-state index is 1.09. The predicted molar refractivity (Wildman–Crippen MR) is 288 cm³/mol. The lowest BCUT2D eigenvalue weighted by molar-refractivity contribution is 1.18. The van der Waals surface area contributed by atoms with Gasteiger partial charge < -0.3 is 9.47 Å². The molecule has 13 aromatic rings. The maximum atomic E-state index is 2.42. The zero-order chi connectivity index (χ0) is 44.3. The monoisotopic (exact) mass is 870 g/mol. The molecule has 0 N–H and O–H groups in total. The standard InChI is InChI=1S/C64H42N2S/c1-2-18-52-46(14-1)15-12-23-53(52)47-36-40-50(41-37-47)65(59-25-7-5-21-56(59)57-24-13-29-63-64(57)58-22-6-10-28-62(58)67-63)49-38-34-44(35-39-49)43-30-32-45(33-31-43)48-16-11-17-51(42-48)66-60-26-8-3-19-54(60)55-20-4-9-27-61(55)66/h1-42H. The third kappa shape index (κ3) is 6.71. The number of hydrogen-bond acceptors (Lipinski definition) is 2. The molecule has 0 aliphatic heterocycles. The molecule has 0 unspecified atom stereocenters. The van der Waals surface area contributed by atoms with Crippen LogP contribution in [0.15, 0.2) is 255 Å². The predicted octanol–water partition coefficient (Wildman–Crippen LogP) is 18.4. The van der Waals surface area contributed by atoms with Gasteiger partial charge in [-0.15, -0.1) is 11.3 Å². The smallest absolute Gasteiger partial charge is 0.0541 e. The van der Waals surface area contributed by atoms with E-state index in [2.05, 4.69) is 264 Å². The van der Waals surface area contributed by atoms with Crippen molar-refractivity contribution in [2.75, 3.05) is 4.90 Å². The second kappa shape index (κ2) is 16.2. The van der Waals surface area contributed by atoms with Crippen molar-refractivity contribution in [3.63, 3.8) is 0 Å². The summed E-state index contributed by atoms with van der Waals surface area (Å²) < 4.78 is 4.99. The van der Waals surface area contributed by atoms with Crippen molar-refractivity contribution in [1.29, 1.82) is 0 Å². The summed E-state index contributed by atoms with van der Waals surface area (Å²) in [6, 6.07) is 93.1. The number of anilines is 3. The van der Waals surface area contributed by atoms with E-state index in [4.69, 9.17) is 0 Å². The molecule has 0 saturated carbocycles. The second-order valence-electron chi connectivity index (χ2n) is 17.2. The number of nitrogens with zero attached hydrogens (tertiary/aromatic N) is 2. The van der Waals surface area contributed by atoms with Crippen molar-refractivity contribution >= 4 is 81.1 Å². The molecular weight excluding hydrogens is 829 g/mol. The van der Waals surface area contributed by atoms with Gasteiger partial charge in [0.1, 0.15) is 0 Å². The van der Waals surface area contributed by atoms with Gasteiger partial charge in [-0.3, -0.25) is 0 Å². The Balaban J connectivity index is 0.877. The first-order valence-electron chi connectivity index (χ1n) is 22.9. The molecule has 0 spiro atoms. The van der Waals surface area contributed by atoms with E-state index in [-0.39, 0.29) is 0 Å². The van der Waals surface area contributed by atoms with Crippen LogP contribution in [0.4, 0.5) is 17.1 Å². The van der Waals surface area contributed by atoms with Crippen molar-refractivity contribution in [2.45, 2.75) is 0 Å². The molecule has 0 fully saturated rings. The van der Waals surface area contributed by atoms with Crippen molar-refractivity contribution in [3.05, 3.63) is 255 Å². The van der Waals surface area contributed by atoms with Gasteiger partial charge >= 0.3 is 0 Å². The topological polar surface area (TPSA) is 8.17 Å². The molecule has 0 aliphatic carbocycles. The Labute approximate surface area is 393 Å². The molecule has 2 heterocycles. The van der Waals surface area contributed by atoms with Crippen LogP contribution in [0.5, 0.6) is 0 Å². The quantitative estimate of drug-likeness (QED) is 0.148. The Morgan fingerprint density at radius 1 is 0.313 bits per heavy atom. The molecule has 3 heteroatoms. The Morgan fingerprint density at radius 2 is 0.806 bits per heavy atom. The van der Waals surface area contributed by atoms with E-state index in [9.17, 15) is 0 Å². The van der Waals surface area contributed by atoms with Crippen LogP contribution in [-0.4, -0.2) is 4.57 Å². The fourth-order valence-electron chi connectivity index (χ4n) is 10.3. The molecule has 0 atom stereocenters. The Kier molecular flexibility index (Phi) is 9.40. The number of aromatic nitrogens is 1. The van der Waals surface area contributed by atoms with E-state index in [1.807, 2.05) is 11.3 Å². The molecule has 314 valence electrons. The summed E-state index contributed by atoms with van der Waals surface area (Å²) in [5.41, 5.74) is 16.5. The molecule has 0 aliphatic rings. The summed E-state index contributed by atoms with van der Waals surface area (Å²) in [6.45, 7) is 0. The SMILES string of the molecule is c1cc(-c2ccc(-c3ccc(N(c4ccc(-c5cccc6ccccc56)cc4)c4ccccc4-c4cccc5sc6ccccc6c45)cc3)cc2)cc(-n2c3ccccc3c3ccccc32)c1. The molecule has 13 rings (SSSR count). The second-order valence-corrected chi connectivity index (χ2v) is 18.3. The maximum Gasteiger partial charge on any atom is 0.0541 e. The van der Waals surface area contributed by atoms with Crippen molar-refractivity contribution < 1.29 is 0 Å². The molecule has 2 nitrogen and oxygen atoms in total. The first kappa shape index (κ1) is 38.9. The van der Waals surface area contributed by atoms with E-state index in [1.54, 1.807) is 0 Å². The van der Waals surface area contributed by atoms with Gasteiger partial charge in [-0.05, 0) is 116 Å². The van der Waals surface area contributed by atoms with Crippen molar-refractivity contribution in [3.8, 4) is 50.2 Å².